The van der Waals surface area contributed by atoms with E-state index < -0.39 is 0 Å². The molecule has 1 aliphatic heterocycles. The van der Waals surface area contributed by atoms with Crippen molar-refractivity contribution in [3.8, 4) is 5.75 Å². The maximum Gasteiger partial charge on any atom is 0.130 e. The summed E-state index contributed by atoms with van der Waals surface area (Å²) in [6.07, 6.45) is 3.73. The predicted octanol–water partition coefficient (Wildman–Crippen LogP) is 2.16. The van der Waals surface area contributed by atoms with Gasteiger partial charge in [-0.3, -0.25) is 4.99 Å². The van der Waals surface area contributed by atoms with Crippen molar-refractivity contribution >= 4 is 11.5 Å². The van der Waals surface area contributed by atoms with E-state index in [2.05, 4.69) is 39.3 Å². The van der Waals surface area contributed by atoms with Crippen LogP contribution in [0, 0.1) is 0 Å². The van der Waals surface area contributed by atoms with Crippen molar-refractivity contribution in [2.75, 3.05) is 18.5 Å². The summed E-state index contributed by atoms with van der Waals surface area (Å²) in [5, 5.41) is 12.0. The standard InChI is InChI=1S/C18H20N4O2/c1-18(4-5-18)24-13-3-2-12-10-20-17(14(12)8-13)15-9-16(19-6-7-23)22-11-21-15/h2-3,8-9,11,23H,4-7,10H2,1H3,(H,19,21,22). The van der Waals surface area contributed by atoms with Crippen molar-refractivity contribution < 1.29 is 9.84 Å². The molecule has 0 saturated heterocycles. The Hall–Kier alpha value is -2.47. The molecule has 2 heterocycles. The number of hydrogen-bond acceptors (Lipinski definition) is 6. The van der Waals surface area contributed by atoms with Crippen LogP contribution in [0.3, 0.4) is 0 Å². The number of hydrogen-bond donors (Lipinski definition) is 2. The van der Waals surface area contributed by atoms with Crippen LogP contribution in [0.25, 0.3) is 0 Å². The highest BCUT2D eigenvalue weighted by Gasteiger charge is 2.40. The SMILES string of the molecule is CC1(Oc2ccc3c(c2)C(c2cc(NCCO)ncn2)=NC3)CC1. The second-order valence-corrected chi connectivity index (χ2v) is 6.47. The molecular weight excluding hydrogens is 304 g/mol. The van der Waals surface area contributed by atoms with E-state index in [9.17, 15) is 0 Å². The van der Waals surface area contributed by atoms with Crippen molar-refractivity contribution in [3.63, 3.8) is 0 Å². The van der Waals surface area contributed by atoms with E-state index in [1.54, 1.807) is 0 Å². The van der Waals surface area contributed by atoms with Crippen molar-refractivity contribution in [1.82, 2.24) is 9.97 Å². The average molecular weight is 324 g/mol. The van der Waals surface area contributed by atoms with E-state index in [1.807, 2.05) is 12.1 Å². The van der Waals surface area contributed by atoms with Gasteiger partial charge in [0.1, 0.15) is 23.5 Å². The molecular formula is C18H20N4O2. The molecule has 4 rings (SSSR count). The van der Waals surface area contributed by atoms with Gasteiger partial charge in [-0.2, -0.15) is 0 Å². The van der Waals surface area contributed by atoms with Crippen LogP contribution in [-0.2, 0) is 6.54 Å². The zero-order valence-corrected chi connectivity index (χ0v) is 13.6. The second-order valence-electron chi connectivity index (χ2n) is 6.47. The van der Waals surface area contributed by atoms with Crippen LogP contribution in [0.2, 0.25) is 0 Å². The van der Waals surface area contributed by atoms with E-state index in [0.717, 1.165) is 35.6 Å². The van der Waals surface area contributed by atoms with Gasteiger partial charge in [0, 0.05) is 18.2 Å². The number of aliphatic hydroxyl groups is 1. The zero-order chi connectivity index (χ0) is 16.6. The molecule has 0 amide bonds. The van der Waals surface area contributed by atoms with E-state index >= 15 is 0 Å². The molecule has 1 saturated carbocycles. The van der Waals surface area contributed by atoms with Gasteiger partial charge in [0.2, 0.25) is 0 Å². The van der Waals surface area contributed by atoms with Crippen molar-refractivity contribution in [1.29, 1.82) is 0 Å². The lowest BCUT2D eigenvalue weighted by Gasteiger charge is -2.14. The van der Waals surface area contributed by atoms with Gasteiger partial charge >= 0.3 is 0 Å². The Kier molecular flexibility index (Phi) is 3.69. The normalized spacial score (nSPS) is 17.2. The number of aromatic nitrogens is 2. The van der Waals surface area contributed by atoms with E-state index in [0.29, 0.717) is 18.9 Å². The van der Waals surface area contributed by atoms with Crippen molar-refractivity contribution in [3.05, 3.63) is 47.4 Å². The summed E-state index contributed by atoms with van der Waals surface area (Å²) in [5.41, 5.74) is 3.90. The molecule has 0 atom stereocenters. The third kappa shape index (κ3) is 2.97. The topological polar surface area (TPSA) is 79.6 Å². The number of aliphatic hydroxyl groups excluding tert-OH is 1. The summed E-state index contributed by atoms with van der Waals surface area (Å²) >= 11 is 0. The van der Waals surface area contributed by atoms with Gasteiger partial charge in [0.25, 0.3) is 0 Å². The lowest BCUT2D eigenvalue weighted by molar-refractivity contribution is 0.200. The van der Waals surface area contributed by atoms with E-state index in [4.69, 9.17) is 9.84 Å². The summed E-state index contributed by atoms with van der Waals surface area (Å²) in [7, 11) is 0. The fraction of sp³-hybridized carbons (Fsp3) is 0.389. The maximum absolute atomic E-state index is 8.92. The third-order valence-electron chi connectivity index (χ3n) is 4.39. The molecule has 1 aliphatic carbocycles. The first-order valence-electron chi connectivity index (χ1n) is 8.21. The predicted molar refractivity (Wildman–Crippen MR) is 91.7 cm³/mol. The van der Waals surface area contributed by atoms with Crippen LogP contribution in [-0.4, -0.2) is 39.5 Å². The highest BCUT2D eigenvalue weighted by molar-refractivity contribution is 6.14. The minimum absolute atomic E-state index is 0.000445. The molecule has 1 aromatic heterocycles. The van der Waals surface area contributed by atoms with Crippen molar-refractivity contribution in [2.24, 2.45) is 4.99 Å². The number of aliphatic imine (C=N–C) groups is 1. The summed E-state index contributed by atoms with van der Waals surface area (Å²) in [6.45, 7) is 3.31. The highest BCUT2D eigenvalue weighted by Crippen LogP contribution is 2.40. The third-order valence-corrected chi connectivity index (χ3v) is 4.39. The first kappa shape index (κ1) is 15.1. The summed E-state index contributed by atoms with van der Waals surface area (Å²) < 4.78 is 6.07. The van der Waals surface area contributed by atoms with Gasteiger partial charge in [-0.1, -0.05) is 6.07 Å². The molecule has 124 valence electrons. The summed E-state index contributed by atoms with van der Waals surface area (Å²) in [6, 6.07) is 8.03. The van der Waals surface area contributed by atoms with Gasteiger partial charge in [-0.25, -0.2) is 9.97 Å². The summed E-state index contributed by atoms with van der Waals surface area (Å²) in [4.78, 5) is 13.2. The van der Waals surface area contributed by atoms with E-state index in [1.165, 1.54) is 11.9 Å². The minimum atomic E-state index is 0.000445. The molecule has 0 unspecified atom stereocenters. The average Bonchev–Trinajstić information content (AvgIpc) is 3.17. The minimum Gasteiger partial charge on any atom is -0.488 e. The van der Waals surface area contributed by atoms with Gasteiger partial charge in [0.15, 0.2) is 0 Å². The Bertz CT molecular complexity index is 799. The fourth-order valence-electron chi connectivity index (χ4n) is 2.78. The number of ether oxygens (including phenoxy) is 1. The molecule has 6 heteroatoms. The first-order chi connectivity index (χ1) is 11.7. The van der Waals surface area contributed by atoms with Gasteiger partial charge in [-0.15, -0.1) is 0 Å². The molecule has 0 radical (unpaired) electrons. The monoisotopic (exact) mass is 324 g/mol. The summed E-state index contributed by atoms with van der Waals surface area (Å²) in [5.74, 6) is 1.57. The Morgan fingerprint density at radius 1 is 1.25 bits per heavy atom. The molecule has 6 nitrogen and oxygen atoms in total. The highest BCUT2D eigenvalue weighted by atomic mass is 16.5. The molecule has 1 aromatic carbocycles. The van der Waals surface area contributed by atoms with Crippen LogP contribution in [0.15, 0.2) is 35.6 Å². The Morgan fingerprint density at radius 3 is 2.92 bits per heavy atom. The van der Waals surface area contributed by atoms with Gasteiger partial charge < -0.3 is 15.2 Å². The second kappa shape index (κ2) is 5.87. The molecule has 24 heavy (non-hydrogen) atoms. The Morgan fingerprint density at radius 2 is 2.12 bits per heavy atom. The number of rotatable bonds is 6. The van der Waals surface area contributed by atoms with Gasteiger partial charge in [0.05, 0.1) is 24.6 Å². The number of anilines is 1. The quantitative estimate of drug-likeness (QED) is 0.851. The lowest BCUT2D eigenvalue weighted by atomic mass is 10.0. The Balaban J connectivity index is 1.61. The number of fused-ring (bicyclic) bond motifs is 1. The number of benzene rings is 1. The van der Waals surface area contributed by atoms with Crippen LogP contribution >= 0.6 is 0 Å². The maximum atomic E-state index is 8.92. The lowest BCUT2D eigenvalue weighted by Crippen LogP contribution is -2.13. The zero-order valence-electron chi connectivity index (χ0n) is 13.6. The van der Waals surface area contributed by atoms with E-state index in [-0.39, 0.29) is 12.2 Å². The van der Waals surface area contributed by atoms with Crippen molar-refractivity contribution in [2.45, 2.75) is 31.9 Å². The smallest absolute Gasteiger partial charge is 0.130 e. The van der Waals surface area contributed by atoms with Gasteiger partial charge in [-0.05, 0) is 37.5 Å². The first-order valence-corrected chi connectivity index (χ1v) is 8.21. The fourth-order valence-corrected chi connectivity index (χ4v) is 2.78. The van der Waals surface area contributed by atoms with Crippen LogP contribution < -0.4 is 10.1 Å². The Labute approximate surface area is 140 Å². The molecule has 1 fully saturated rings. The molecule has 0 spiro atoms. The molecule has 0 bridgehead atoms. The molecule has 2 N–H and O–H groups in total. The molecule has 2 aromatic rings. The number of nitrogens with zero attached hydrogens (tertiary/aromatic N) is 3. The van der Waals surface area contributed by atoms with Crippen LogP contribution in [0.1, 0.15) is 36.6 Å². The number of nitrogens with one attached hydrogen (secondary N) is 1. The van der Waals surface area contributed by atoms with Crippen LogP contribution in [0.5, 0.6) is 5.75 Å². The largest absolute Gasteiger partial charge is 0.488 e. The van der Waals surface area contributed by atoms with Crippen LogP contribution in [0.4, 0.5) is 5.82 Å². The molecule has 2 aliphatic rings.